The molecule has 0 rings (SSSR count). The summed E-state index contributed by atoms with van der Waals surface area (Å²) in [5, 5.41) is 0.157. The number of thiol groups is 1. The lowest BCUT2D eigenvalue weighted by atomic mass is 10.4. The molecule has 14 heavy (non-hydrogen) atoms. The smallest absolute Gasteiger partial charge is 0.185 e. The number of hydrogen-bond donors (Lipinski definition) is 1. The van der Waals surface area contributed by atoms with E-state index in [0.29, 0.717) is 12.8 Å². The van der Waals surface area contributed by atoms with Crippen molar-refractivity contribution in [3.8, 4) is 0 Å². The summed E-state index contributed by atoms with van der Waals surface area (Å²) < 4.78 is 0. The number of aldehydes is 1. The Labute approximate surface area is 95.0 Å². The van der Waals surface area contributed by atoms with Gasteiger partial charge in [0.15, 0.2) is 5.12 Å². The number of nitrogens with zero attached hydrogens (tertiary/aromatic N) is 1. The molecule has 0 bridgehead atoms. The van der Waals surface area contributed by atoms with Gasteiger partial charge in [-0.2, -0.15) is 0 Å². The third-order valence-corrected chi connectivity index (χ3v) is 3.47. The highest BCUT2D eigenvalue weighted by Gasteiger charge is 2.10. The summed E-state index contributed by atoms with van der Waals surface area (Å²) >= 11 is 5.39. The van der Waals surface area contributed by atoms with E-state index in [4.69, 9.17) is 0 Å². The van der Waals surface area contributed by atoms with Crippen LogP contribution in [0.25, 0.3) is 0 Å². The first-order valence-corrected chi connectivity index (χ1v) is 6.01. The van der Waals surface area contributed by atoms with Crippen LogP contribution in [-0.4, -0.2) is 41.5 Å². The van der Waals surface area contributed by atoms with Crippen molar-refractivity contribution in [2.45, 2.75) is 24.6 Å². The predicted octanol–water partition coefficient (Wildman–Crippen LogP) is 1.43. The molecule has 0 saturated heterocycles. The molecule has 0 aliphatic heterocycles. The number of thioether (sulfide) groups is 1. The molecular weight excluding hydrogens is 218 g/mol. The van der Waals surface area contributed by atoms with Crippen molar-refractivity contribution in [3.63, 3.8) is 0 Å². The molecule has 0 aliphatic rings. The summed E-state index contributed by atoms with van der Waals surface area (Å²) in [5.41, 5.74) is 0. The van der Waals surface area contributed by atoms with Crippen LogP contribution in [0.15, 0.2) is 0 Å². The van der Waals surface area contributed by atoms with Crippen molar-refractivity contribution in [2.24, 2.45) is 0 Å². The molecule has 0 amide bonds. The van der Waals surface area contributed by atoms with Gasteiger partial charge in [-0.15, -0.1) is 24.4 Å². The van der Waals surface area contributed by atoms with Gasteiger partial charge in [-0.1, -0.05) is 0 Å². The summed E-state index contributed by atoms with van der Waals surface area (Å²) in [5.74, 6) is 0.892. The fourth-order valence-electron chi connectivity index (χ4n) is 0.953. The van der Waals surface area contributed by atoms with Crippen molar-refractivity contribution >= 4 is 35.8 Å². The van der Waals surface area contributed by atoms with Gasteiger partial charge in [0.1, 0.15) is 6.29 Å². The van der Waals surface area contributed by atoms with E-state index in [1.807, 2.05) is 19.0 Å². The Morgan fingerprint density at radius 2 is 2.21 bits per heavy atom. The summed E-state index contributed by atoms with van der Waals surface area (Å²) in [6.45, 7) is 0. The minimum Gasteiger partial charge on any atom is -0.303 e. The lowest BCUT2D eigenvalue weighted by Crippen LogP contribution is -2.25. The Morgan fingerprint density at radius 1 is 1.57 bits per heavy atom. The van der Waals surface area contributed by atoms with Crippen molar-refractivity contribution in [2.75, 3.05) is 19.8 Å². The third-order valence-electron chi connectivity index (χ3n) is 1.72. The fourth-order valence-corrected chi connectivity index (χ4v) is 2.21. The van der Waals surface area contributed by atoms with Gasteiger partial charge in [0.05, 0.1) is 5.37 Å². The quantitative estimate of drug-likeness (QED) is 0.299. The Kier molecular flexibility index (Phi) is 8.32. The molecule has 5 heteroatoms. The highest BCUT2D eigenvalue weighted by Crippen LogP contribution is 2.17. The molecule has 3 nitrogen and oxygen atoms in total. The van der Waals surface area contributed by atoms with Crippen molar-refractivity contribution < 1.29 is 9.59 Å². The van der Waals surface area contributed by atoms with Crippen LogP contribution < -0.4 is 0 Å². The average Bonchev–Trinajstić information content (AvgIpc) is 2.09. The SMILES string of the molecule is CN(C)C(CC=O)SCCCC(=O)S. The number of rotatable bonds is 8. The highest BCUT2D eigenvalue weighted by atomic mass is 32.2. The number of carbonyl (C=O) groups excluding carboxylic acids is 2. The first kappa shape index (κ1) is 14.0. The molecule has 1 unspecified atom stereocenters. The third kappa shape index (κ3) is 7.41. The molecule has 0 aromatic carbocycles. The molecule has 0 aromatic heterocycles. The molecule has 0 aliphatic carbocycles. The second kappa shape index (κ2) is 8.32. The topological polar surface area (TPSA) is 37.4 Å². The van der Waals surface area contributed by atoms with Crippen LogP contribution in [0.3, 0.4) is 0 Å². The molecule has 0 saturated carbocycles. The Balaban J connectivity index is 3.60. The molecular formula is C9H17NO2S2. The standard InChI is InChI=1S/C9H17NO2S2/c1-10(2)8(5-6-11)14-7-3-4-9(12)13/h6,8H,3-5,7H2,1-2H3,(H,12,13). The van der Waals surface area contributed by atoms with Crippen LogP contribution in [0.1, 0.15) is 19.3 Å². The number of hydrogen-bond acceptors (Lipinski definition) is 4. The first-order chi connectivity index (χ1) is 6.57. The molecule has 0 fully saturated rings. The Morgan fingerprint density at radius 3 is 2.64 bits per heavy atom. The van der Waals surface area contributed by atoms with Crippen molar-refractivity contribution in [3.05, 3.63) is 0 Å². The van der Waals surface area contributed by atoms with Crippen molar-refractivity contribution in [1.82, 2.24) is 4.90 Å². The van der Waals surface area contributed by atoms with E-state index in [0.717, 1.165) is 18.5 Å². The van der Waals surface area contributed by atoms with Gasteiger partial charge in [0.2, 0.25) is 0 Å². The van der Waals surface area contributed by atoms with Crippen LogP contribution >= 0.6 is 24.4 Å². The summed E-state index contributed by atoms with van der Waals surface area (Å²) in [7, 11) is 3.90. The van der Waals surface area contributed by atoms with Crippen LogP contribution in [0.5, 0.6) is 0 Å². The van der Waals surface area contributed by atoms with Gasteiger partial charge in [0.25, 0.3) is 0 Å². The normalized spacial score (nSPS) is 12.9. The van der Waals surface area contributed by atoms with Crippen LogP contribution in [0, 0.1) is 0 Å². The fraction of sp³-hybridized carbons (Fsp3) is 0.778. The van der Waals surface area contributed by atoms with Crippen LogP contribution in [0.4, 0.5) is 0 Å². The summed E-state index contributed by atoms with van der Waals surface area (Å²) in [6.07, 6.45) is 2.81. The van der Waals surface area contributed by atoms with Gasteiger partial charge in [-0.05, 0) is 26.3 Å². The van der Waals surface area contributed by atoms with E-state index in [1.54, 1.807) is 11.8 Å². The Bertz CT molecular complexity index is 186. The lowest BCUT2D eigenvalue weighted by Gasteiger charge is -2.21. The summed E-state index contributed by atoms with van der Waals surface area (Å²) in [4.78, 5) is 22.9. The first-order valence-electron chi connectivity index (χ1n) is 4.51. The molecule has 82 valence electrons. The van der Waals surface area contributed by atoms with E-state index in [1.165, 1.54) is 0 Å². The largest absolute Gasteiger partial charge is 0.303 e. The van der Waals surface area contributed by atoms with Gasteiger partial charge >= 0.3 is 0 Å². The zero-order valence-corrected chi connectivity index (χ0v) is 10.3. The van der Waals surface area contributed by atoms with Gasteiger partial charge in [-0.25, -0.2) is 0 Å². The van der Waals surface area contributed by atoms with Gasteiger partial charge < -0.3 is 4.79 Å². The second-order valence-corrected chi connectivity index (χ2v) is 4.97. The van der Waals surface area contributed by atoms with E-state index < -0.39 is 0 Å². The minimum atomic E-state index is -0.0672. The van der Waals surface area contributed by atoms with Crippen molar-refractivity contribution in [1.29, 1.82) is 0 Å². The highest BCUT2D eigenvalue weighted by molar-refractivity contribution is 7.99. The van der Waals surface area contributed by atoms with E-state index in [2.05, 4.69) is 12.6 Å². The van der Waals surface area contributed by atoms with Gasteiger partial charge in [0, 0.05) is 12.8 Å². The maximum absolute atomic E-state index is 10.5. The molecule has 0 N–H and O–H groups in total. The maximum Gasteiger partial charge on any atom is 0.185 e. The minimum absolute atomic E-state index is 0.0672. The van der Waals surface area contributed by atoms with Crippen LogP contribution in [0.2, 0.25) is 0 Å². The maximum atomic E-state index is 10.5. The van der Waals surface area contributed by atoms with E-state index in [-0.39, 0.29) is 10.5 Å². The molecule has 0 radical (unpaired) electrons. The van der Waals surface area contributed by atoms with E-state index >= 15 is 0 Å². The zero-order chi connectivity index (χ0) is 11.0. The summed E-state index contributed by atoms with van der Waals surface area (Å²) in [6, 6.07) is 0. The monoisotopic (exact) mass is 235 g/mol. The molecule has 0 heterocycles. The molecule has 0 aromatic rings. The molecule has 0 spiro atoms. The Hall–Kier alpha value is -0.0000000000000000555. The number of carbonyl (C=O) groups is 2. The zero-order valence-electron chi connectivity index (χ0n) is 8.60. The van der Waals surface area contributed by atoms with Crippen LogP contribution in [-0.2, 0) is 9.59 Å². The predicted molar refractivity (Wildman–Crippen MR) is 63.8 cm³/mol. The van der Waals surface area contributed by atoms with Gasteiger partial charge in [-0.3, -0.25) is 9.69 Å². The average molecular weight is 235 g/mol. The second-order valence-electron chi connectivity index (χ2n) is 3.19. The van der Waals surface area contributed by atoms with E-state index in [9.17, 15) is 9.59 Å². The molecule has 1 atom stereocenters. The lowest BCUT2D eigenvalue weighted by molar-refractivity contribution is -0.111.